The minimum atomic E-state index is -0.304. The van der Waals surface area contributed by atoms with Crippen molar-refractivity contribution in [2.24, 2.45) is 5.92 Å². The molecule has 0 radical (unpaired) electrons. The van der Waals surface area contributed by atoms with E-state index in [0.29, 0.717) is 17.4 Å². The molecule has 0 aliphatic heterocycles. The molecule has 2 rings (SSSR count). The van der Waals surface area contributed by atoms with Crippen LogP contribution in [-0.2, 0) is 11.2 Å². The van der Waals surface area contributed by atoms with E-state index < -0.39 is 0 Å². The molecule has 1 amide bonds. The number of hydrogen-bond donors (Lipinski definition) is 1. The van der Waals surface area contributed by atoms with Crippen molar-refractivity contribution in [3.8, 4) is 0 Å². The molecule has 1 saturated carbocycles. The molecule has 1 N–H and O–H groups in total. The van der Waals surface area contributed by atoms with Crippen LogP contribution in [0, 0.1) is 11.7 Å². The third kappa shape index (κ3) is 4.20. The van der Waals surface area contributed by atoms with Crippen LogP contribution in [-0.4, -0.2) is 17.8 Å². The molecule has 0 spiro atoms. The van der Waals surface area contributed by atoms with E-state index in [1.807, 2.05) is 0 Å². The predicted molar refractivity (Wildman–Crippen MR) is 74.7 cm³/mol. The van der Waals surface area contributed by atoms with Gasteiger partial charge in [-0.05, 0) is 36.5 Å². The lowest BCUT2D eigenvalue weighted by Crippen LogP contribution is -2.43. The summed E-state index contributed by atoms with van der Waals surface area (Å²) in [6, 6.07) is 6.35. The zero-order valence-corrected chi connectivity index (χ0v) is 11.6. The van der Waals surface area contributed by atoms with Crippen molar-refractivity contribution in [2.45, 2.75) is 38.1 Å². The van der Waals surface area contributed by atoms with Gasteiger partial charge in [-0.25, -0.2) is 4.39 Å². The molecule has 1 aliphatic rings. The van der Waals surface area contributed by atoms with Crippen molar-refractivity contribution >= 4 is 17.5 Å². The third-order valence-electron chi connectivity index (χ3n) is 3.71. The number of rotatable bonds is 4. The van der Waals surface area contributed by atoms with Crippen LogP contribution in [0.2, 0.25) is 0 Å². The van der Waals surface area contributed by atoms with Gasteiger partial charge in [0.25, 0.3) is 0 Å². The Morgan fingerprint density at radius 1 is 1.37 bits per heavy atom. The highest BCUT2D eigenvalue weighted by Crippen LogP contribution is 2.25. The van der Waals surface area contributed by atoms with Crippen molar-refractivity contribution in [1.29, 1.82) is 0 Å². The predicted octanol–water partition coefficient (Wildman–Crippen LogP) is 3.28. The number of carbonyl (C=O) groups is 1. The molecule has 19 heavy (non-hydrogen) atoms. The second kappa shape index (κ2) is 6.90. The summed E-state index contributed by atoms with van der Waals surface area (Å²) in [5.41, 5.74) is 0.704. The van der Waals surface area contributed by atoms with Gasteiger partial charge in [-0.15, -0.1) is 11.6 Å². The number of benzene rings is 1. The van der Waals surface area contributed by atoms with Gasteiger partial charge in [-0.1, -0.05) is 25.0 Å². The molecular weight excluding hydrogens is 265 g/mol. The lowest BCUT2D eigenvalue weighted by atomic mass is 9.85. The summed E-state index contributed by atoms with van der Waals surface area (Å²) in [5, 5.41) is 3.04. The molecule has 4 heteroatoms. The lowest BCUT2D eigenvalue weighted by Gasteiger charge is -2.30. The second-order valence-corrected chi connectivity index (χ2v) is 5.49. The molecule has 1 aromatic carbocycles. The summed E-state index contributed by atoms with van der Waals surface area (Å²) in [5.74, 6) is 0.603. The number of halogens is 2. The molecule has 0 heterocycles. The highest BCUT2D eigenvalue weighted by atomic mass is 35.5. The molecule has 0 saturated heterocycles. The second-order valence-electron chi connectivity index (χ2n) is 5.18. The van der Waals surface area contributed by atoms with Gasteiger partial charge >= 0.3 is 0 Å². The standard InChI is InChI=1S/C15H19ClFNO/c16-10-12-5-1-2-7-14(12)18-15(19)9-11-4-3-6-13(17)8-11/h3-4,6,8,12,14H,1-2,5,7,9-10H2,(H,18,19). The van der Waals surface area contributed by atoms with Gasteiger partial charge in [0.05, 0.1) is 6.42 Å². The number of carbonyl (C=O) groups excluding carboxylic acids is 1. The number of nitrogens with one attached hydrogen (secondary N) is 1. The van der Waals surface area contributed by atoms with Gasteiger partial charge in [0.2, 0.25) is 5.91 Å². The van der Waals surface area contributed by atoms with Crippen LogP contribution >= 0.6 is 11.6 Å². The third-order valence-corrected chi connectivity index (χ3v) is 4.10. The monoisotopic (exact) mass is 283 g/mol. The van der Waals surface area contributed by atoms with Gasteiger partial charge < -0.3 is 5.32 Å². The van der Waals surface area contributed by atoms with Gasteiger partial charge in [0.1, 0.15) is 5.82 Å². The summed E-state index contributed by atoms with van der Waals surface area (Å²) in [6.07, 6.45) is 4.62. The topological polar surface area (TPSA) is 29.1 Å². The summed E-state index contributed by atoms with van der Waals surface area (Å²) >= 11 is 5.94. The Labute approximate surface area is 118 Å². The Morgan fingerprint density at radius 3 is 2.89 bits per heavy atom. The van der Waals surface area contributed by atoms with Crippen LogP contribution in [0.1, 0.15) is 31.2 Å². The highest BCUT2D eigenvalue weighted by Gasteiger charge is 2.25. The summed E-state index contributed by atoms with van der Waals surface area (Å²) < 4.78 is 13.0. The zero-order valence-electron chi connectivity index (χ0n) is 10.9. The maximum Gasteiger partial charge on any atom is 0.224 e. The molecule has 1 aliphatic carbocycles. The maximum absolute atomic E-state index is 13.0. The number of alkyl halides is 1. The van der Waals surface area contributed by atoms with Crippen molar-refractivity contribution in [3.05, 3.63) is 35.6 Å². The first-order valence-corrected chi connectivity index (χ1v) is 7.32. The number of amides is 1. The summed E-state index contributed by atoms with van der Waals surface area (Å²) in [6.45, 7) is 0. The SMILES string of the molecule is O=C(Cc1cccc(F)c1)NC1CCCCC1CCl. The first kappa shape index (κ1) is 14.3. The first-order chi connectivity index (χ1) is 9.19. The summed E-state index contributed by atoms with van der Waals surface area (Å²) in [4.78, 5) is 12.0. The van der Waals surface area contributed by atoms with Crippen LogP contribution in [0.5, 0.6) is 0 Å². The van der Waals surface area contributed by atoms with Crippen molar-refractivity contribution in [3.63, 3.8) is 0 Å². The molecule has 0 bridgehead atoms. The van der Waals surface area contributed by atoms with Crippen molar-refractivity contribution in [2.75, 3.05) is 5.88 Å². The van der Waals surface area contributed by atoms with Gasteiger partial charge in [0, 0.05) is 11.9 Å². The van der Waals surface area contributed by atoms with Crippen LogP contribution in [0.25, 0.3) is 0 Å². The van der Waals surface area contributed by atoms with E-state index in [1.54, 1.807) is 12.1 Å². The van der Waals surface area contributed by atoms with E-state index in [4.69, 9.17) is 11.6 Å². The number of hydrogen-bond acceptors (Lipinski definition) is 1. The van der Waals surface area contributed by atoms with E-state index in [2.05, 4.69) is 5.32 Å². The molecule has 1 aromatic rings. The van der Waals surface area contributed by atoms with E-state index in [1.165, 1.54) is 18.6 Å². The molecular formula is C15H19ClFNO. The normalized spacial score (nSPS) is 23.1. The first-order valence-electron chi connectivity index (χ1n) is 6.79. The van der Waals surface area contributed by atoms with E-state index in [0.717, 1.165) is 19.3 Å². The Morgan fingerprint density at radius 2 is 2.16 bits per heavy atom. The Balaban J connectivity index is 1.90. The maximum atomic E-state index is 13.0. The largest absolute Gasteiger partial charge is 0.353 e. The Hall–Kier alpha value is -1.09. The molecule has 0 aromatic heterocycles. The Bertz CT molecular complexity index is 438. The fourth-order valence-electron chi connectivity index (χ4n) is 2.67. The highest BCUT2D eigenvalue weighted by molar-refractivity contribution is 6.18. The fraction of sp³-hybridized carbons (Fsp3) is 0.533. The van der Waals surface area contributed by atoms with Crippen LogP contribution in [0.4, 0.5) is 4.39 Å². The van der Waals surface area contributed by atoms with Gasteiger partial charge in [0.15, 0.2) is 0 Å². The van der Waals surface area contributed by atoms with Gasteiger partial charge in [-0.3, -0.25) is 4.79 Å². The summed E-state index contributed by atoms with van der Waals surface area (Å²) in [7, 11) is 0. The van der Waals surface area contributed by atoms with Gasteiger partial charge in [-0.2, -0.15) is 0 Å². The minimum Gasteiger partial charge on any atom is -0.353 e. The van der Waals surface area contributed by atoms with Crippen LogP contribution in [0.15, 0.2) is 24.3 Å². The smallest absolute Gasteiger partial charge is 0.224 e. The quantitative estimate of drug-likeness (QED) is 0.844. The molecule has 104 valence electrons. The van der Waals surface area contributed by atoms with E-state index >= 15 is 0 Å². The van der Waals surface area contributed by atoms with Crippen molar-refractivity contribution in [1.82, 2.24) is 5.32 Å². The molecule has 1 fully saturated rings. The Kier molecular flexibility index (Phi) is 5.20. The molecule has 2 atom stereocenters. The zero-order chi connectivity index (χ0) is 13.7. The average molecular weight is 284 g/mol. The van der Waals surface area contributed by atoms with Crippen LogP contribution in [0.3, 0.4) is 0 Å². The van der Waals surface area contributed by atoms with Crippen LogP contribution < -0.4 is 5.32 Å². The van der Waals surface area contributed by atoms with E-state index in [-0.39, 0.29) is 24.2 Å². The molecule has 2 nitrogen and oxygen atoms in total. The minimum absolute atomic E-state index is 0.0485. The van der Waals surface area contributed by atoms with E-state index in [9.17, 15) is 9.18 Å². The fourth-order valence-corrected chi connectivity index (χ4v) is 3.04. The molecule has 2 unspecified atom stereocenters. The lowest BCUT2D eigenvalue weighted by molar-refractivity contribution is -0.121. The average Bonchev–Trinajstić information content (AvgIpc) is 2.39. The van der Waals surface area contributed by atoms with Crippen molar-refractivity contribution < 1.29 is 9.18 Å².